The first kappa shape index (κ1) is 9.06. The Kier molecular flexibility index (Phi) is 1.90. The van der Waals surface area contributed by atoms with Gasteiger partial charge in [-0.1, -0.05) is 15.9 Å². The largest absolute Gasteiger partial charge is 0.255 e. The molecule has 0 spiro atoms. The van der Waals surface area contributed by atoms with E-state index in [-0.39, 0.29) is 0 Å². The smallest absolute Gasteiger partial charge is 0.210 e. The van der Waals surface area contributed by atoms with Crippen molar-refractivity contribution in [3.63, 3.8) is 0 Å². The normalized spacial score (nSPS) is 11.3. The van der Waals surface area contributed by atoms with Gasteiger partial charge in [-0.25, -0.2) is 4.98 Å². The van der Waals surface area contributed by atoms with E-state index in [0.29, 0.717) is 10.9 Å². The minimum atomic E-state index is 0.366. The highest BCUT2D eigenvalue weighted by Gasteiger charge is 2.07. The van der Waals surface area contributed by atoms with Gasteiger partial charge in [0.25, 0.3) is 0 Å². The molecule has 15 heavy (non-hydrogen) atoms. The lowest BCUT2D eigenvalue weighted by Gasteiger charge is -2.01. The molecule has 2 heterocycles. The summed E-state index contributed by atoms with van der Waals surface area (Å²) in [5.74, 6) is 0. The third-order valence-electron chi connectivity index (χ3n) is 2.16. The third-order valence-corrected chi connectivity index (χ3v) is 2.92. The second-order valence-electron chi connectivity index (χ2n) is 3.07. The Morgan fingerprint density at radius 2 is 2.20 bits per heavy atom. The van der Waals surface area contributed by atoms with E-state index in [4.69, 9.17) is 11.6 Å². The van der Waals surface area contributed by atoms with Gasteiger partial charge < -0.3 is 0 Å². The molecular formula is C9H4BrClN4. The number of fused-ring (bicyclic) bond motifs is 3. The van der Waals surface area contributed by atoms with Crippen molar-refractivity contribution in [2.24, 2.45) is 0 Å². The first-order chi connectivity index (χ1) is 7.25. The van der Waals surface area contributed by atoms with Crippen LogP contribution in [0, 0.1) is 0 Å². The average molecular weight is 284 g/mol. The van der Waals surface area contributed by atoms with Crippen molar-refractivity contribution in [3.05, 3.63) is 34.3 Å². The molecule has 0 bridgehead atoms. The van der Waals surface area contributed by atoms with Gasteiger partial charge in [-0.05, 0) is 29.8 Å². The van der Waals surface area contributed by atoms with E-state index < -0.39 is 0 Å². The van der Waals surface area contributed by atoms with Gasteiger partial charge in [0.15, 0.2) is 5.65 Å². The standard InChI is InChI=1S/C9H4BrClN4/c10-5-1-2-7-6(3-5)8-14-12-4-15(8)9(11)13-7/h1-4H. The quantitative estimate of drug-likeness (QED) is 0.596. The van der Waals surface area contributed by atoms with Gasteiger partial charge in [-0.2, -0.15) is 0 Å². The minimum Gasteiger partial charge on any atom is -0.255 e. The zero-order chi connectivity index (χ0) is 10.4. The molecule has 0 N–H and O–H groups in total. The van der Waals surface area contributed by atoms with Gasteiger partial charge >= 0.3 is 0 Å². The van der Waals surface area contributed by atoms with Crippen LogP contribution in [0.15, 0.2) is 29.0 Å². The molecule has 0 atom stereocenters. The Labute approximate surface area is 98.0 Å². The van der Waals surface area contributed by atoms with Gasteiger partial charge in [-0.15, -0.1) is 10.2 Å². The van der Waals surface area contributed by atoms with Crippen molar-refractivity contribution in [1.29, 1.82) is 0 Å². The predicted molar refractivity (Wildman–Crippen MR) is 61.0 cm³/mol. The molecule has 0 aliphatic carbocycles. The molecular weight excluding hydrogens is 279 g/mol. The molecule has 0 saturated carbocycles. The van der Waals surface area contributed by atoms with Crippen LogP contribution in [-0.2, 0) is 0 Å². The van der Waals surface area contributed by atoms with Gasteiger partial charge in [0.05, 0.1) is 5.52 Å². The van der Waals surface area contributed by atoms with Crippen LogP contribution in [0.3, 0.4) is 0 Å². The molecule has 0 fully saturated rings. The lowest BCUT2D eigenvalue weighted by Crippen LogP contribution is -1.91. The van der Waals surface area contributed by atoms with Crippen molar-refractivity contribution < 1.29 is 0 Å². The maximum Gasteiger partial charge on any atom is 0.210 e. The number of nitrogens with zero attached hydrogens (tertiary/aromatic N) is 4. The number of hydrogen-bond acceptors (Lipinski definition) is 3. The number of benzene rings is 1. The fraction of sp³-hybridized carbons (Fsp3) is 0. The van der Waals surface area contributed by atoms with E-state index in [0.717, 1.165) is 15.4 Å². The molecule has 0 saturated heterocycles. The maximum atomic E-state index is 5.98. The number of halogens is 2. The monoisotopic (exact) mass is 282 g/mol. The summed E-state index contributed by atoms with van der Waals surface area (Å²) in [7, 11) is 0. The number of rotatable bonds is 0. The second-order valence-corrected chi connectivity index (χ2v) is 4.32. The van der Waals surface area contributed by atoms with Crippen molar-refractivity contribution >= 4 is 44.1 Å². The highest BCUT2D eigenvalue weighted by atomic mass is 79.9. The van der Waals surface area contributed by atoms with Crippen LogP contribution < -0.4 is 0 Å². The Balaban J connectivity index is 2.61. The van der Waals surface area contributed by atoms with Crippen LogP contribution in [0.2, 0.25) is 5.28 Å². The molecule has 0 unspecified atom stereocenters. The first-order valence-electron chi connectivity index (χ1n) is 4.20. The second kappa shape index (κ2) is 3.15. The van der Waals surface area contributed by atoms with Crippen LogP contribution in [0.25, 0.3) is 16.6 Å². The van der Waals surface area contributed by atoms with Crippen LogP contribution >= 0.6 is 27.5 Å². The van der Waals surface area contributed by atoms with Gasteiger partial charge in [-0.3, -0.25) is 4.40 Å². The van der Waals surface area contributed by atoms with Crippen molar-refractivity contribution in [2.45, 2.75) is 0 Å². The minimum absolute atomic E-state index is 0.366. The molecule has 0 amide bonds. The average Bonchev–Trinajstić information content (AvgIpc) is 2.69. The summed E-state index contributed by atoms with van der Waals surface area (Å²) in [4.78, 5) is 4.24. The van der Waals surface area contributed by atoms with E-state index in [9.17, 15) is 0 Å². The van der Waals surface area contributed by atoms with E-state index in [1.54, 1.807) is 10.7 Å². The molecule has 3 aromatic rings. The predicted octanol–water partition coefficient (Wildman–Crippen LogP) is 2.69. The summed E-state index contributed by atoms with van der Waals surface area (Å²) < 4.78 is 2.63. The van der Waals surface area contributed by atoms with Gasteiger partial charge in [0, 0.05) is 9.86 Å². The highest BCUT2D eigenvalue weighted by molar-refractivity contribution is 9.10. The van der Waals surface area contributed by atoms with Crippen LogP contribution in [-0.4, -0.2) is 19.6 Å². The zero-order valence-corrected chi connectivity index (χ0v) is 9.70. The van der Waals surface area contributed by atoms with E-state index in [2.05, 4.69) is 31.1 Å². The molecule has 0 aliphatic rings. The zero-order valence-electron chi connectivity index (χ0n) is 7.35. The van der Waals surface area contributed by atoms with Gasteiger partial charge in [0.2, 0.25) is 5.28 Å². The van der Waals surface area contributed by atoms with Crippen LogP contribution in [0.1, 0.15) is 0 Å². The lowest BCUT2D eigenvalue weighted by molar-refractivity contribution is 1.08. The molecule has 0 radical (unpaired) electrons. The Hall–Kier alpha value is -1.20. The summed E-state index contributed by atoms with van der Waals surface area (Å²) in [5.41, 5.74) is 1.52. The summed E-state index contributed by atoms with van der Waals surface area (Å²) in [6.07, 6.45) is 1.55. The third kappa shape index (κ3) is 1.31. The number of hydrogen-bond donors (Lipinski definition) is 0. The van der Waals surface area contributed by atoms with Crippen molar-refractivity contribution in [2.75, 3.05) is 0 Å². The van der Waals surface area contributed by atoms with E-state index in [1.807, 2.05) is 18.2 Å². The summed E-state index contributed by atoms with van der Waals surface area (Å²) in [6, 6.07) is 5.75. The molecule has 0 aliphatic heterocycles. The molecule has 4 nitrogen and oxygen atoms in total. The fourth-order valence-electron chi connectivity index (χ4n) is 1.49. The van der Waals surface area contributed by atoms with Crippen molar-refractivity contribution in [3.8, 4) is 0 Å². The molecule has 74 valence electrons. The Morgan fingerprint density at radius 1 is 1.33 bits per heavy atom. The Morgan fingerprint density at radius 3 is 3.07 bits per heavy atom. The first-order valence-corrected chi connectivity index (χ1v) is 5.37. The van der Waals surface area contributed by atoms with Crippen LogP contribution in [0.4, 0.5) is 0 Å². The number of aromatic nitrogens is 4. The lowest BCUT2D eigenvalue weighted by atomic mass is 10.2. The molecule has 3 rings (SSSR count). The van der Waals surface area contributed by atoms with E-state index in [1.165, 1.54) is 0 Å². The van der Waals surface area contributed by atoms with Crippen LogP contribution in [0.5, 0.6) is 0 Å². The van der Waals surface area contributed by atoms with E-state index >= 15 is 0 Å². The molecule has 6 heteroatoms. The maximum absolute atomic E-state index is 5.98. The molecule has 2 aromatic heterocycles. The Bertz CT molecular complexity index is 664. The SMILES string of the molecule is Clc1nc2ccc(Br)cc2c2nncn12. The topological polar surface area (TPSA) is 43.1 Å². The summed E-state index contributed by atoms with van der Waals surface area (Å²) >= 11 is 9.38. The molecule has 1 aromatic carbocycles. The highest BCUT2D eigenvalue weighted by Crippen LogP contribution is 2.23. The summed E-state index contributed by atoms with van der Waals surface area (Å²) in [6.45, 7) is 0. The fourth-order valence-corrected chi connectivity index (χ4v) is 2.07. The van der Waals surface area contributed by atoms with Gasteiger partial charge in [0.1, 0.15) is 6.33 Å². The van der Waals surface area contributed by atoms with Crippen molar-refractivity contribution in [1.82, 2.24) is 19.6 Å². The summed E-state index contributed by atoms with van der Waals surface area (Å²) in [5, 5.41) is 9.12.